The Morgan fingerprint density at radius 3 is 2.91 bits per heavy atom. The normalized spacial score (nSPS) is 19.0. The van der Waals surface area contributed by atoms with Crippen LogP contribution in [-0.2, 0) is 11.2 Å². The molecule has 0 spiro atoms. The molecule has 1 amide bonds. The topological polar surface area (TPSA) is 67.2 Å². The van der Waals surface area contributed by atoms with Crippen molar-refractivity contribution < 1.29 is 4.79 Å². The van der Waals surface area contributed by atoms with Crippen LogP contribution in [-0.4, -0.2) is 28.4 Å². The van der Waals surface area contributed by atoms with Crippen LogP contribution in [0.3, 0.4) is 0 Å². The van der Waals surface area contributed by atoms with Crippen LogP contribution in [0.25, 0.3) is 0 Å². The lowest BCUT2D eigenvalue weighted by molar-refractivity contribution is -0.115. The van der Waals surface area contributed by atoms with E-state index in [1.807, 2.05) is 6.08 Å². The van der Waals surface area contributed by atoms with Crippen LogP contribution in [0, 0.1) is 5.92 Å². The minimum Gasteiger partial charge on any atom is -0.300 e. The Morgan fingerprint density at radius 2 is 2.14 bits per heavy atom. The SMILES string of the molecule is O=C(CC1=NCCC=C1)Nc1nnc(CC2CCCCC2)s1. The number of carbonyl (C=O) groups is 1. The average Bonchev–Trinajstić information content (AvgIpc) is 2.96. The van der Waals surface area contributed by atoms with Crippen LogP contribution < -0.4 is 5.32 Å². The minimum absolute atomic E-state index is 0.0642. The van der Waals surface area contributed by atoms with E-state index in [2.05, 4.69) is 26.6 Å². The maximum absolute atomic E-state index is 12.0. The first-order chi connectivity index (χ1) is 10.8. The number of amides is 1. The fraction of sp³-hybridized carbons (Fsp3) is 0.625. The van der Waals surface area contributed by atoms with E-state index in [9.17, 15) is 4.79 Å². The summed E-state index contributed by atoms with van der Waals surface area (Å²) in [5, 5.41) is 12.8. The maximum Gasteiger partial charge on any atom is 0.232 e. The molecule has 2 aliphatic rings. The van der Waals surface area contributed by atoms with Gasteiger partial charge < -0.3 is 5.32 Å². The number of nitrogens with one attached hydrogen (secondary N) is 1. The third-order valence-electron chi connectivity index (χ3n) is 4.16. The Hall–Kier alpha value is -1.56. The molecule has 1 N–H and O–H groups in total. The lowest BCUT2D eigenvalue weighted by Gasteiger charge is -2.19. The van der Waals surface area contributed by atoms with Crippen molar-refractivity contribution in [3.63, 3.8) is 0 Å². The molecule has 6 heteroatoms. The summed E-state index contributed by atoms with van der Waals surface area (Å²) in [7, 11) is 0. The number of aromatic nitrogens is 2. The van der Waals surface area contributed by atoms with E-state index >= 15 is 0 Å². The first kappa shape index (κ1) is 15.3. The highest BCUT2D eigenvalue weighted by molar-refractivity contribution is 7.15. The van der Waals surface area contributed by atoms with Gasteiger partial charge in [-0.3, -0.25) is 9.79 Å². The van der Waals surface area contributed by atoms with E-state index in [1.54, 1.807) is 0 Å². The van der Waals surface area contributed by atoms with Crippen molar-refractivity contribution in [2.24, 2.45) is 10.9 Å². The molecule has 1 saturated carbocycles. The highest BCUT2D eigenvalue weighted by atomic mass is 32.1. The summed E-state index contributed by atoms with van der Waals surface area (Å²) < 4.78 is 0. The van der Waals surface area contributed by atoms with Crippen molar-refractivity contribution in [1.29, 1.82) is 0 Å². The van der Waals surface area contributed by atoms with Crippen LogP contribution >= 0.6 is 11.3 Å². The van der Waals surface area contributed by atoms with Crippen molar-refractivity contribution >= 4 is 28.1 Å². The van der Waals surface area contributed by atoms with Gasteiger partial charge in [0.25, 0.3) is 0 Å². The Bertz CT molecular complexity index is 572. The van der Waals surface area contributed by atoms with Gasteiger partial charge >= 0.3 is 0 Å². The monoisotopic (exact) mass is 318 g/mol. The summed E-state index contributed by atoms with van der Waals surface area (Å²) in [4.78, 5) is 16.3. The number of nitrogens with zero attached hydrogens (tertiary/aromatic N) is 3. The van der Waals surface area contributed by atoms with E-state index in [0.29, 0.717) is 11.6 Å². The van der Waals surface area contributed by atoms with Crippen molar-refractivity contribution in [2.75, 3.05) is 11.9 Å². The lowest BCUT2D eigenvalue weighted by atomic mass is 9.87. The van der Waals surface area contributed by atoms with E-state index in [1.165, 1.54) is 43.4 Å². The molecule has 1 aliphatic heterocycles. The smallest absolute Gasteiger partial charge is 0.232 e. The molecular weight excluding hydrogens is 296 g/mol. The van der Waals surface area contributed by atoms with Gasteiger partial charge in [-0.1, -0.05) is 49.5 Å². The Balaban J connectivity index is 1.49. The second-order valence-corrected chi connectivity index (χ2v) is 7.06. The zero-order valence-electron chi connectivity index (χ0n) is 12.8. The van der Waals surface area contributed by atoms with Crippen molar-refractivity contribution in [2.45, 2.75) is 51.4 Å². The van der Waals surface area contributed by atoms with Gasteiger partial charge in [-0.05, 0) is 18.4 Å². The van der Waals surface area contributed by atoms with E-state index in [0.717, 1.165) is 36.0 Å². The molecule has 0 aromatic carbocycles. The highest BCUT2D eigenvalue weighted by Gasteiger charge is 2.17. The Kier molecular flexibility index (Phi) is 5.32. The van der Waals surface area contributed by atoms with Crippen molar-refractivity contribution in [1.82, 2.24) is 10.2 Å². The summed E-state index contributed by atoms with van der Waals surface area (Å²) in [6.45, 7) is 0.781. The Labute approximate surface area is 134 Å². The first-order valence-electron chi connectivity index (χ1n) is 8.12. The van der Waals surface area contributed by atoms with Gasteiger partial charge in [0.05, 0.1) is 6.42 Å². The van der Waals surface area contributed by atoms with Crippen LogP contribution in [0.5, 0.6) is 0 Å². The third kappa shape index (κ3) is 4.47. The number of allylic oxidation sites excluding steroid dienone is 1. The van der Waals surface area contributed by atoms with E-state index < -0.39 is 0 Å². The number of aliphatic imine (C=N–C) groups is 1. The predicted molar refractivity (Wildman–Crippen MR) is 89.5 cm³/mol. The lowest BCUT2D eigenvalue weighted by Crippen LogP contribution is -2.16. The zero-order valence-corrected chi connectivity index (χ0v) is 13.6. The third-order valence-corrected chi connectivity index (χ3v) is 5.02. The quantitative estimate of drug-likeness (QED) is 0.905. The molecule has 5 nitrogen and oxygen atoms in total. The molecule has 3 rings (SSSR count). The van der Waals surface area contributed by atoms with Gasteiger partial charge in [0.1, 0.15) is 5.01 Å². The van der Waals surface area contributed by atoms with Crippen LogP contribution in [0.2, 0.25) is 0 Å². The van der Waals surface area contributed by atoms with Crippen LogP contribution in [0.15, 0.2) is 17.1 Å². The number of anilines is 1. The molecular formula is C16H22N4OS. The number of hydrogen-bond acceptors (Lipinski definition) is 5. The summed E-state index contributed by atoms with van der Waals surface area (Å²) in [5.74, 6) is 0.678. The molecule has 0 bridgehead atoms. The molecule has 2 heterocycles. The van der Waals surface area contributed by atoms with Crippen molar-refractivity contribution in [3.8, 4) is 0 Å². The first-order valence-corrected chi connectivity index (χ1v) is 8.93. The average molecular weight is 318 g/mol. The molecule has 0 atom stereocenters. The van der Waals surface area contributed by atoms with E-state index in [-0.39, 0.29) is 5.91 Å². The van der Waals surface area contributed by atoms with Crippen LogP contribution in [0.4, 0.5) is 5.13 Å². The Morgan fingerprint density at radius 1 is 1.27 bits per heavy atom. The molecule has 0 unspecified atom stereocenters. The molecule has 0 radical (unpaired) electrons. The molecule has 1 aliphatic carbocycles. The standard InChI is InChI=1S/C16H22N4OS/c21-14(11-13-8-4-5-9-17-13)18-16-20-19-15(22-16)10-12-6-2-1-3-7-12/h4,8,12H,1-3,5-7,9-11H2,(H,18,20,21). The summed E-state index contributed by atoms with van der Waals surface area (Å²) >= 11 is 1.50. The maximum atomic E-state index is 12.0. The number of hydrogen-bond donors (Lipinski definition) is 1. The zero-order chi connectivity index (χ0) is 15.2. The molecule has 1 aromatic rings. The molecule has 1 aromatic heterocycles. The largest absolute Gasteiger partial charge is 0.300 e. The van der Waals surface area contributed by atoms with Gasteiger partial charge in [0.15, 0.2) is 0 Å². The summed E-state index contributed by atoms with van der Waals surface area (Å²) in [6, 6.07) is 0. The number of dihydropyridines is 1. The predicted octanol–water partition coefficient (Wildman–Crippen LogP) is 3.39. The molecule has 118 valence electrons. The second-order valence-electron chi connectivity index (χ2n) is 6.00. The van der Waals surface area contributed by atoms with Gasteiger partial charge in [-0.2, -0.15) is 0 Å². The minimum atomic E-state index is -0.0642. The van der Waals surface area contributed by atoms with Crippen molar-refractivity contribution in [3.05, 3.63) is 17.2 Å². The van der Waals surface area contributed by atoms with Gasteiger partial charge in [-0.25, -0.2) is 0 Å². The van der Waals surface area contributed by atoms with Gasteiger partial charge in [0.2, 0.25) is 11.0 Å². The fourth-order valence-corrected chi connectivity index (χ4v) is 3.89. The number of carbonyl (C=O) groups excluding carboxylic acids is 1. The molecule has 1 fully saturated rings. The van der Waals surface area contributed by atoms with Gasteiger partial charge in [0, 0.05) is 18.7 Å². The molecule has 0 saturated heterocycles. The second kappa shape index (κ2) is 7.63. The van der Waals surface area contributed by atoms with E-state index in [4.69, 9.17) is 0 Å². The highest BCUT2D eigenvalue weighted by Crippen LogP contribution is 2.28. The van der Waals surface area contributed by atoms with Crippen LogP contribution in [0.1, 0.15) is 50.0 Å². The summed E-state index contributed by atoms with van der Waals surface area (Å²) in [5.41, 5.74) is 0.843. The number of rotatable bonds is 5. The van der Waals surface area contributed by atoms with Gasteiger partial charge in [-0.15, -0.1) is 10.2 Å². The molecule has 22 heavy (non-hydrogen) atoms. The summed E-state index contributed by atoms with van der Waals surface area (Å²) in [6.07, 6.45) is 12.9. The fourth-order valence-electron chi connectivity index (χ4n) is 3.02.